The average Bonchev–Trinajstić information content (AvgIpc) is 2.37. The second-order valence-corrected chi connectivity index (χ2v) is 6.23. The van der Waals surface area contributed by atoms with Gasteiger partial charge in [-0.15, -0.1) is 0 Å². The topological polar surface area (TPSA) is 75.4 Å². The smallest absolute Gasteiger partial charge is 0.251 e. The van der Waals surface area contributed by atoms with Gasteiger partial charge in [-0.25, -0.2) is 0 Å². The van der Waals surface area contributed by atoms with E-state index in [1.165, 1.54) is 0 Å². The second-order valence-electron chi connectivity index (χ2n) is 6.23. The minimum absolute atomic E-state index is 0.00955. The van der Waals surface area contributed by atoms with Crippen molar-refractivity contribution >= 4 is 11.6 Å². The van der Waals surface area contributed by atoms with Crippen LogP contribution >= 0.6 is 0 Å². The van der Waals surface area contributed by atoms with Crippen LogP contribution in [-0.4, -0.2) is 23.2 Å². The highest BCUT2D eigenvalue weighted by Gasteiger charge is 2.35. The molecule has 1 aliphatic carbocycles. The molecular formula is C16H24N2O2. The second kappa shape index (κ2) is 5.83. The van der Waals surface area contributed by atoms with Gasteiger partial charge in [0.25, 0.3) is 5.91 Å². The first-order chi connectivity index (χ1) is 9.44. The molecule has 0 saturated heterocycles. The number of nitrogen functional groups attached to an aromatic ring is 1. The molecule has 4 heteroatoms. The minimum Gasteiger partial charge on any atom is -0.399 e. The van der Waals surface area contributed by atoms with E-state index in [0.29, 0.717) is 17.2 Å². The van der Waals surface area contributed by atoms with Crippen LogP contribution in [0.3, 0.4) is 0 Å². The van der Waals surface area contributed by atoms with E-state index in [9.17, 15) is 9.90 Å². The molecule has 0 spiro atoms. The number of hydrogen-bond acceptors (Lipinski definition) is 3. The monoisotopic (exact) mass is 276 g/mol. The van der Waals surface area contributed by atoms with E-state index in [1.807, 2.05) is 19.1 Å². The predicted molar refractivity (Wildman–Crippen MR) is 80.5 cm³/mol. The molecule has 0 bridgehead atoms. The third-order valence-corrected chi connectivity index (χ3v) is 4.13. The summed E-state index contributed by atoms with van der Waals surface area (Å²) >= 11 is 0. The Labute approximate surface area is 120 Å². The number of nitrogens with one attached hydrogen (secondary N) is 1. The van der Waals surface area contributed by atoms with Crippen molar-refractivity contribution < 1.29 is 9.90 Å². The van der Waals surface area contributed by atoms with Gasteiger partial charge in [0.05, 0.1) is 12.1 Å². The van der Waals surface area contributed by atoms with E-state index in [4.69, 9.17) is 5.73 Å². The van der Waals surface area contributed by atoms with Crippen LogP contribution in [0.15, 0.2) is 18.2 Å². The van der Waals surface area contributed by atoms with Gasteiger partial charge in [-0.2, -0.15) is 0 Å². The van der Waals surface area contributed by atoms with Crippen LogP contribution in [-0.2, 0) is 0 Å². The highest BCUT2D eigenvalue weighted by atomic mass is 16.3. The first-order valence-electron chi connectivity index (χ1n) is 7.25. The van der Waals surface area contributed by atoms with E-state index in [0.717, 1.165) is 31.2 Å². The van der Waals surface area contributed by atoms with E-state index >= 15 is 0 Å². The predicted octanol–water partition coefficient (Wildman–Crippen LogP) is 2.25. The van der Waals surface area contributed by atoms with Crippen LogP contribution in [0, 0.1) is 12.8 Å². The summed E-state index contributed by atoms with van der Waals surface area (Å²) in [6, 6.07) is 5.34. The van der Waals surface area contributed by atoms with Crippen molar-refractivity contribution in [2.75, 3.05) is 12.3 Å². The first kappa shape index (κ1) is 14.9. The van der Waals surface area contributed by atoms with Crippen molar-refractivity contribution in [3.05, 3.63) is 29.3 Å². The largest absolute Gasteiger partial charge is 0.399 e. The molecule has 20 heavy (non-hydrogen) atoms. The molecule has 1 fully saturated rings. The van der Waals surface area contributed by atoms with Crippen molar-refractivity contribution in [3.8, 4) is 0 Å². The summed E-state index contributed by atoms with van der Waals surface area (Å²) in [5.74, 6) is 0.377. The number of hydrogen-bond donors (Lipinski definition) is 3. The fourth-order valence-corrected chi connectivity index (χ4v) is 3.21. The Morgan fingerprint density at radius 1 is 1.50 bits per heavy atom. The number of amides is 1. The zero-order chi connectivity index (χ0) is 14.8. The lowest BCUT2D eigenvalue weighted by Crippen LogP contribution is -2.53. The van der Waals surface area contributed by atoms with Gasteiger partial charge in [-0.3, -0.25) is 4.79 Å². The third kappa shape index (κ3) is 3.31. The molecule has 0 aromatic heterocycles. The molecule has 1 aromatic rings. The quantitative estimate of drug-likeness (QED) is 0.741. The Kier molecular flexibility index (Phi) is 4.33. The molecule has 2 unspecified atom stereocenters. The van der Waals surface area contributed by atoms with E-state index in [2.05, 4.69) is 12.2 Å². The SMILES string of the molecule is Cc1cc(N)cc(C(=O)NC2(CO)CCCC(C)C2)c1. The van der Waals surface area contributed by atoms with Crippen LogP contribution in [0.25, 0.3) is 0 Å². The summed E-state index contributed by atoms with van der Waals surface area (Å²) < 4.78 is 0. The number of rotatable bonds is 3. The maximum absolute atomic E-state index is 12.4. The molecule has 1 aromatic carbocycles. The van der Waals surface area contributed by atoms with Gasteiger partial charge in [-0.05, 0) is 49.4 Å². The fraction of sp³-hybridized carbons (Fsp3) is 0.562. The van der Waals surface area contributed by atoms with Crippen molar-refractivity contribution in [1.29, 1.82) is 0 Å². The summed E-state index contributed by atoms with van der Waals surface area (Å²) in [6.45, 7) is 4.07. The zero-order valence-electron chi connectivity index (χ0n) is 12.3. The molecule has 2 rings (SSSR count). The third-order valence-electron chi connectivity index (χ3n) is 4.13. The standard InChI is InChI=1S/C16H24N2O2/c1-11-4-3-5-16(9-11,10-19)18-15(20)13-6-12(2)7-14(17)8-13/h6-8,11,19H,3-5,9-10,17H2,1-2H3,(H,18,20). The summed E-state index contributed by atoms with van der Waals surface area (Å²) in [5, 5.41) is 12.8. The van der Waals surface area contributed by atoms with Crippen molar-refractivity contribution in [2.24, 2.45) is 5.92 Å². The molecule has 0 aliphatic heterocycles. The number of aryl methyl sites for hydroxylation is 1. The Balaban J connectivity index is 2.16. The van der Waals surface area contributed by atoms with Crippen molar-refractivity contribution in [1.82, 2.24) is 5.32 Å². The molecule has 4 nitrogen and oxygen atoms in total. The summed E-state index contributed by atoms with van der Waals surface area (Å²) in [4.78, 5) is 12.4. The van der Waals surface area contributed by atoms with Gasteiger partial charge in [0.15, 0.2) is 0 Å². The molecule has 1 aliphatic rings. The molecule has 1 saturated carbocycles. The van der Waals surface area contributed by atoms with Crippen LogP contribution in [0.1, 0.15) is 48.5 Å². The number of aliphatic hydroxyl groups is 1. The Bertz CT molecular complexity index is 481. The van der Waals surface area contributed by atoms with Gasteiger partial charge in [-0.1, -0.05) is 19.8 Å². The van der Waals surface area contributed by atoms with Gasteiger partial charge in [0.1, 0.15) is 0 Å². The van der Waals surface area contributed by atoms with Gasteiger partial charge in [0, 0.05) is 11.3 Å². The minimum atomic E-state index is -0.479. The number of aliphatic hydroxyl groups excluding tert-OH is 1. The zero-order valence-corrected chi connectivity index (χ0v) is 12.3. The molecule has 1 amide bonds. The maximum Gasteiger partial charge on any atom is 0.251 e. The number of carbonyl (C=O) groups is 1. The van der Waals surface area contributed by atoms with Crippen molar-refractivity contribution in [2.45, 2.75) is 45.1 Å². The highest BCUT2D eigenvalue weighted by molar-refractivity contribution is 5.95. The van der Waals surface area contributed by atoms with Crippen LogP contribution in [0.4, 0.5) is 5.69 Å². The van der Waals surface area contributed by atoms with E-state index in [1.54, 1.807) is 6.07 Å². The number of nitrogens with two attached hydrogens (primary N) is 1. The lowest BCUT2D eigenvalue weighted by Gasteiger charge is -2.39. The lowest BCUT2D eigenvalue weighted by molar-refractivity contribution is 0.0697. The molecule has 2 atom stereocenters. The van der Waals surface area contributed by atoms with Crippen molar-refractivity contribution in [3.63, 3.8) is 0 Å². The average molecular weight is 276 g/mol. The normalized spacial score (nSPS) is 26.2. The number of anilines is 1. The molecule has 110 valence electrons. The Morgan fingerprint density at radius 2 is 2.25 bits per heavy atom. The Hall–Kier alpha value is -1.55. The lowest BCUT2D eigenvalue weighted by atomic mass is 9.76. The van der Waals surface area contributed by atoms with E-state index in [-0.39, 0.29) is 12.5 Å². The fourth-order valence-electron chi connectivity index (χ4n) is 3.21. The molecule has 0 radical (unpaired) electrons. The Morgan fingerprint density at radius 3 is 2.85 bits per heavy atom. The van der Waals surface area contributed by atoms with Gasteiger partial charge >= 0.3 is 0 Å². The summed E-state index contributed by atoms with van der Waals surface area (Å²) in [6.07, 6.45) is 3.87. The van der Waals surface area contributed by atoms with Gasteiger partial charge in [0.2, 0.25) is 0 Å². The molecule has 4 N–H and O–H groups in total. The van der Waals surface area contributed by atoms with Crippen LogP contribution in [0.2, 0.25) is 0 Å². The molecular weight excluding hydrogens is 252 g/mol. The van der Waals surface area contributed by atoms with Gasteiger partial charge < -0.3 is 16.2 Å². The summed E-state index contributed by atoms with van der Waals surface area (Å²) in [7, 11) is 0. The van der Waals surface area contributed by atoms with Crippen LogP contribution in [0.5, 0.6) is 0 Å². The molecule has 0 heterocycles. The number of benzene rings is 1. The van der Waals surface area contributed by atoms with E-state index < -0.39 is 5.54 Å². The summed E-state index contributed by atoms with van der Waals surface area (Å²) in [5.41, 5.74) is 7.42. The first-order valence-corrected chi connectivity index (χ1v) is 7.25. The number of carbonyl (C=O) groups excluding carboxylic acids is 1. The van der Waals surface area contributed by atoms with Crippen LogP contribution < -0.4 is 11.1 Å². The highest BCUT2D eigenvalue weighted by Crippen LogP contribution is 2.32. The maximum atomic E-state index is 12.4.